The molecule has 1 saturated carbocycles. The number of aryl methyl sites for hydroxylation is 1. The van der Waals surface area contributed by atoms with Crippen LogP contribution in [0.25, 0.3) is 10.9 Å². The monoisotopic (exact) mass is 588 g/mol. The molecule has 1 amide bonds. The number of halogens is 2. The van der Waals surface area contributed by atoms with Gasteiger partial charge >= 0.3 is 0 Å². The first-order valence-electron chi connectivity index (χ1n) is 11.7. The minimum Gasteiger partial charge on any atom is -0.473 e. The van der Waals surface area contributed by atoms with E-state index in [0.29, 0.717) is 23.3 Å². The second kappa shape index (κ2) is 10.4. The van der Waals surface area contributed by atoms with Gasteiger partial charge in [0.05, 0.1) is 6.20 Å². The number of amides is 1. The predicted molar refractivity (Wildman–Crippen MR) is 147 cm³/mol. The van der Waals surface area contributed by atoms with Crippen LogP contribution in [0.5, 0.6) is 5.88 Å². The molecule has 3 heterocycles. The summed E-state index contributed by atoms with van der Waals surface area (Å²) in [6.07, 6.45) is 2.11. The van der Waals surface area contributed by atoms with E-state index >= 15 is 0 Å². The van der Waals surface area contributed by atoms with E-state index < -0.39 is 26.2 Å². The van der Waals surface area contributed by atoms with Gasteiger partial charge < -0.3 is 14.6 Å². The van der Waals surface area contributed by atoms with Crippen LogP contribution in [0.3, 0.4) is 0 Å². The maximum Gasteiger partial charge on any atom is 0.263 e. The molecule has 0 atom stereocenters. The number of nitrogens with one attached hydrogen (secondary N) is 2. The lowest BCUT2D eigenvalue weighted by Crippen LogP contribution is -2.36. The van der Waals surface area contributed by atoms with E-state index in [2.05, 4.69) is 25.2 Å². The zero-order chi connectivity index (χ0) is 27.8. The predicted octanol–water partition coefficient (Wildman–Crippen LogP) is 3.31. The molecular weight excluding hydrogens is 567 g/mol. The molecule has 1 aromatic carbocycles. The van der Waals surface area contributed by atoms with Gasteiger partial charge in [0.15, 0.2) is 0 Å². The van der Waals surface area contributed by atoms with Crippen molar-refractivity contribution in [1.82, 2.24) is 25.1 Å². The molecule has 3 aromatic heterocycles. The van der Waals surface area contributed by atoms with Gasteiger partial charge in [0.2, 0.25) is 10.0 Å². The lowest BCUT2D eigenvalue weighted by molar-refractivity contribution is 0.0949. The van der Waals surface area contributed by atoms with E-state index in [0.717, 1.165) is 5.56 Å². The number of hydrogen-bond donors (Lipinski definition) is 2. The molecule has 0 saturated heterocycles. The number of carbonyl (C=O) groups excluding carboxylic acids is 1. The summed E-state index contributed by atoms with van der Waals surface area (Å²) in [7, 11) is -2.41. The fourth-order valence-electron chi connectivity index (χ4n) is 4.00. The Labute approximate surface area is 233 Å². The van der Waals surface area contributed by atoms with E-state index in [1.165, 1.54) is 36.0 Å². The van der Waals surface area contributed by atoms with Crippen LogP contribution < -0.4 is 20.3 Å². The molecule has 1 aliphatic rings. The SMILES string of the molecule is Cn1c(=O)c(C(=O)NCc2ccc(Cl)cc2)cc2cnnc(OCC3(S(=O)(=O)Nc4cccc(Cl)n4)CC3)c21. The highest BCUT2D eigenvalue weighted by Gasteiger charge is 2.56. The van der Waals surface area contributed by atoms with Crippen molar-refractivity contribution in [3.63, 3.8) is 0 Å². The molecule has 11 nitrogen and oxygen atoms in total. The summed E-state index contributed by atoms with van der Waals surface area (Å²) >= 11 is 11.8. The molecule has 0 radical (unpaired) electrons. The Balaban J connectivity index is 1.35. The molecule has 0 bridgehead atoms. The molecule has 39 heavy (non-hydrogen) atoms. The average Bonchev–Trinajstić information content (AvgIpc) is 3.71. The van der Waals surface area contributed by atoms with Crippen molar-refractivity contribution >= 4 is 55.9 Å². The number of fused-ring (bicyclic) bond motifs is 1. The second-order valence-corrected chi connectivity index (χ2v) is 12.0. The van der Waals surface area contributed by atoms with Crippen molar-refractivity contribution in [2.24, 2.45) is 7.05 Å². The van der Waals surface area contributed by atoms with E-state index in [9.17, 15) is 18.0 Å². The first-order chi connectivity index (χ1) is 18.6. The average molecular weight is 589 g/mol. The van der Waals surface area contributed by atoms with Crippen molar-refractivity contribution < 1.29 is 17.9 Å². The third-order valence-corrected chi connectivity index (χ3v) is 9.01. The van der Waals surface area contributed by atoms with Gasteiger partial charge in [-0.1, -0.05) is 41.4 Å². The van der Waals surface area contributed by atoms with Crippen molar-refractivity contribution in [1.29, 1.82) is 0 Å². The number of benzene rings is 1. The molecule has 0 spiro atoms. The quantitative estimate of drug-likeness (QED) is 0.283. The zero-order valence-electron chi connectivity index (χ0n) is 20.5. The minimum atomic E-state index is -3.88. The maximum atomic E-state index is 13.1. The summed E-state index contributed by atoms with van der Waals surface area (Å²) in [6, 6.07) is 13.0. The Morgan fingerprint density at radius 2 is 1.90 bits per heavy atom. The Morgan fingerprint density at radius 1 is 1.15 bits per heavy atom. The molecule has 1 fully saturated rings. The highest BCUT2D eigenvalue weighted by atomic mass is 35.5. The van der Waals surface area contributed by atoms with Crippen molar-refractivity contribution in [3.8, 4) is 5.88 Å². The van der Waals surface area contributed by atoms with Crippen LogP contribution in [0, 0.1) is 0 Å². The van der Waals surface area contributed by atoms with Crippen LogP contribution in [0.2, 0.25) is 10.2 Å². The normalized spacial score (nSPS) is 14.1. The Bertz CT molecular complexity index is 1740. The third kappa shape index (κ3) is 5.54. The number of sulfonamides is 1. The smallest absolute Gasteiger partial charge is 0.263 e. The van der Waals surface area contributed by atoms with Crippen LogP contribution >= 0.6 is 23.2 Å². The minimum absolute atomic E-state index is 0.0254. The van der Waals surface area contributed by atoms with Gasteiger partial charge in [-0.15, -0.1) is 5.10 Å². The van der Waals surface area contributed by atoms with E-state index in [1.807, 2.05) is 0 Å². The fraction of sp³-hybridized carbons (Fsp3) is 0.240. The Morgan fingerprint density at radius 3 is 2.59 bits per heavy atom. The summed E-state index contributed by atoms with van der Waals surface area (Å²) in [5, 5.41) is 11.8. The molecule has 202 valence electrons. The van der Waals surface area contributed by atoms with Crippen molar-refractivity contribution in [3.05, 3.63) is 86.4 Å². The second-order valence-electron chi connectivity index (χ2n) is 9.11. The van der Waals surface area contributed by atoms with Gasteiger partial charge in [0.1, 0.15) is 33.4 Å². The third-order valence-electron chi connectivity index (χ3n) is 6.41. The largest absolute Gasteiger partial charge is 0.473 e. The highest BCUT2D eigenvalue weighted by molar-refractivity contribution is 7.94. The number of anilines is 1. The number of aromatic nitrogens is 4. The van der Waals surface area contributed by atoms with E-state index in [1.54, 1.807) is 30.3 Å². The lowest BCUT2D eigenvalue weighted by Gasteiger charge is -2.18. The number of nitrogens with zero attached hydrogens (tertiary/aromatic N) is 4. The molecule has 4 aromatic rings. The Hall–Kier alpha value is -3.74. The maximum absolute atomic E-state index is 13.1. The van der Waals surface area contributed by atoms with Crippen molar-refractivity contribution in [2.75, 3.05) is 11.3 Å². The number of carbonyl (C=O) groups is 1. The fourth-order valence-corrected chi connectivity index (χ4v) is 5.75. The van der Waals surface area contributed by atoms with Gasteiger partial charge in [-0.2, -0.15) is 5.10 Å². The van der Waals surface area contributed by atoms with Gasteiger partial charge in [-0.25, -0.2) is 13.4 Å². The van der Waals surface area contributed by atoms with Gasteiger partial charge in [-0.3, -0.25) is 14.3 Å². The molecule has 0 aliphatic heterocycles. The summed E-state index contributed by atoms with van der Waals surface area (Å²) in [6.45, 7) is -0.0241. The number of hydrogen-bond acceptors (Lipinski definition) is 8. The molecule has 2 N–H and O–H groups in total. The van der Waals surface area contributed by atoms with Crippen molar-refractivity contribution in [2.45, 2.75) is 24.1 Å². The lowest BCUT2D eigenvalue weighted by atomic mass is 10.1. The van der Waals surface area contributed by atoms with Crippen LogP contribution in [0.1, 0.15) is 28.8 Å². The summed E-state index contributed by atoms with van der Waals surface area (Å²) in [5.41, 5.74) is 0.437. The van der Waals surface area contributed by atoms with E-state index in [4.69, 9.17) is 27.9 Å². The van der Waals surface area contributed by atoms with Crippen LogP contribution in [-0.4, -0.2) is 45.4 Å². The molecule has 0 unspecified atom stereocenters. The summed E-state index contributed by atoms with van der Waals surface area (Å²) < 4.78 is 34.5. The molecule has 5 rings (SSSR count). The molecular formula is C25H22Cl2N6O5S. The van der Waals surface area contributed by atoms with Crippen LogP contribution in [0.4, 0.5) is 5.82 Å². The zero-order valence-corrected chi connectivity index (χ0v) is 22.8. The molecule has 14 heteroatoms. The number of ether oxygens (including phenoxy) is 1. The molecule has 1 aliphatic carbocycles. The topological polar surface area (TPSA) is 145 Å². The summed E-state index contributed by atoms with van der Waals surface area (Å²) in [4.78, 5) is 29.9. The Kier molecular flexibility index (Phi) is 7.19. The first kappa shape index (κ1) is 26.9. The van der Waals surface area contributed by atoms with Gasteiger partial charge in [0.25, 0.3) is 17.3 Å². The van der Waals surface area contributed by atoms with Gasteiger partial charge in [-0.05, 0) is 48.7 Å². The number of rotatable bonds is 9. The van der Waals surface area contributed by atoms with E-state index in [-0.39, 0.29) is 41.1 Å². The number of pyridine rings is 2. The summed E-state index contributed by atoms with van der Waals surface area (Å²) in [5.74, 6) is -0.485. The van der Waals surface area contributed by atoms with Crippen LogP contribution in [-0.2, 0) is 23.6 Å². The standard InChI is InChI=1S/C25H22Cl2N6O5S/c1-33-21-16(11-18(24(33)35)22(34)28-12-15-5-7-17(26)8-6-15)13-29-31-23(21)38-14-25(9-10-25)39(36,37)32-20-4-2-3-19(27)30-20/h2-8,11,13H,9-10,12,14H2,1H3,(H,28,34)(H,30,32). The van der Waals surface area contributed by atoms with Crippen LogP contribution in [0.15, 0.2) is 59.5 Å². The first-order valence-corrected chi connectivity index (χ1v) is 14.0. The highest BCUT2D eigenvalue weighted by Crippen LogP contribution is 2.44. The van der Waals surface area contributed by atoms with Gasteiger partial charge in [0, 0.05) is 24.0 Å².